The fraction of sp³-hybridized carbons (Fsp3) is 0.357. The quantitative estimate of drug-likeness (QED) is 0.875. The number of fused-ring (bicyclic) bond motifs is 1. The maximum absolute atomic E-state index is 12.3. The molecule has 0 saturated carbocycles. The highest BCUT2D eigenvalue weighted by Gasteiger charge is 2.20. The van der Waals surface area contributed by atoms with Crippen LogP contribution < -0.4 is 10.1 Å². The van der Waals surface area contributed by atoms with Gasteiger partial charge < -0.3 is 14.7 Å². The SMILES string of the molecule is CCn1ncc(NC(=O)N2CCOc3cc(O)ccc3C2)n1. The van der Waals surface area contributed by atoms with E-state index in [1.54, 1.807) is 23.1 Å². The Morgan fingerprint density at radius 1 is 1.50 bits per heavy atom. The molecule has 1 aliphatic heterocycles. The molecule has 0 radical (unpaired) electrons. The summed E-state index contributed by atoms with van der Waals surface area (Å²) in [5.41, 5.74) is 0.850. The van der Waals surface area contributed by atoms with Crippen molar-refractivity contribution >= 4 is 11.8 Å². The van der Waals surface area contributed by atoms with E-state index in [2.05, 4.69) is 15.5 Å². The van der Waals surface area contributed by atoms with Crippen LogP contribution in [0.25, 0.3) is 0 Å². The summed E-state index contributed by atoms with van der Waals surface area (Å²) in [4.78, 5) is 15.5. The van der Waals surface area contributed by atoms with Crippen molar-refractivity contribution in [1.29, 1.82) is 0 Å². The van der Waals surface area contributed by atoms with Gasteiger partial charge in [-0.05, 0) is 19.1 Å². The van der Waals surface area contributed by atoms with Crippen molar-refractivity contribution in [3.05, 3.63) is 30.0 Å². The van der Waals surface area contributed by atoms with Crippen molar-refractivity contribution in [2.24, 2.45) is 0 Å². The van der Waals surface area contributed by atoms with E-state index in [9.17, 15) is 9.90 Å². The van der Waals surface area contributed by atoms with Crippen molar-refractivity contribution < 1.29 is 14.6 Å². The number of phenols is 1. The number of aromatic hydroxyl groups is 1. The summed E-state index contributed by atoms with van der Waals surface area (Å²) in [6.45, 7) is 3.78. The van der Waals surface area contributed by atoms with E-state index in [4.69, 9.17) is 4.74 Å². The molecule has 0 unspecified atom stereocenters. The molecular weight excluding hydrogens is 286 g/mol. The number of hydrogen-bond donors (Lipinski definition) is 2. The number of nitrogens with one attached hydrogen (secondary N) is 1. The van der Waals surface area contributed by atoms with Gasteiger partial charge in [0, 0.05) is 11.6 Å². The monoisotopic (exact) mass is 303 g/mol. The minimum absolute atomic E-state index is 0.146. The second-order valence-electron chi connectivity index (χ2n) is 4.91. The maximum atomic E-state index is 12.3. The van der Waals surface area contributed by atoms with Crippen LogP contribution in [0.15, 0.2) is 24.4 Å². The first-order valence-electron chi connectivity index (χ1n) is 7.06. The van der Waals surface area contributed by atoms with Crippen molar-refractivity contribution in [2.75, 3.05) is 18.5 Å². The van der Waals surface area contributed by atoms with E-state index in [0.717, 1.165) is 5.56 Å². The number of urea groups is 1. The highest BCUT2D eigenvalue weighted by Crippen LogP contribution is 2.27. The molecule has 0 fully saturated rings. The number of aryl methyl sites for hydroxylation is 1. The third kappa shape index (κ3) is 2.95. The molecule has 116 valence electrons. The lowest BCUT2D eigenvalue weighted by Gasteiger charge is -2.19. The van der Waals surface area contributed by atoms with E-state index in [1.165, 1.54) is 11.0 Å². The molecule has 8 heteroatoms. The first kappa shape index (κ1) is 14.2. The predicted molar refractivity (Wildman–Crippen MR) is 78.7 cm³/mol. The highest BCUT2D eigenvalue weighted by atomic mass is 16.5. The molecule has 2 aromatic rings. The average molecular weight is 303 g/mol. The lowest BCUT2D eigenvalue weighted by atomic mass is 10.2. The molecule has 2 amide bonds. The molecule has 0 spiro atoms. The normalized spacial score (nSPS) is 14.0. The maximum Gasteiger partial charge on any atom is 0.323 e. The molecule has 0 atom stereocenters. The summed E-state index contributed by atoms with van der Waals surface area (Å²) in [5.74, 6) is 1.17. The number of nitrogens with zero attached hydrogens (tertiary/aromatic N) is 4. The number of ether oxygens (including phenoxy) is 1. The third-order valence-electron chi connectivity index (χ3n) is 3.37. The van der Waals surface area contributed by atoms with Gasteiger partial charge in [-0.3, -0.25) is 5.32 Å². The average Bonchev–Trinajstić information content (AvgIpc) is 2.85. The van der Waals surface area contributed by atoms with Crippen LogP contribution in [0.4, 0.5) is 10.6 Å². The number of amides is 2. The second-order valence-corrected chi connectivity index (χ2v) is 4.91. The van der Waals surface area contributed by atoms with Crippen LogP contribution in [0.3, 0.4) is 0 Å². The fourth-order valence-electron chi connectivity index (χ4n) is 2.23. The van der Waals surface area contributed by atoms with Gasteiger partial charge >= 0.3 is 6.03 Å². The van der Waals surface area contributed by atoms with Crippen LogP contribution in [-0.4, -0.2) is 44.2 Å². The van der Waals surface area contributed by atoms with E-state index in [-0.39, 0.29) is 11.8 Å². The Labute approximate surface area is 127 Å². The number of carbonyl (C=O) groups excluding carboxylic acids is 1. The Bertz CT molecular complexity index is 685. The molecule has 8 nitrogen and oxygen atoms in total. The molecule has 1 aliphatic rings. The van der Waals surface area contributed by atoms with Gasteiger partial charge in [-0.15, -0.1) is 5.10 Å². The van der Waals surface area contributed by atoms with Gasteiger partial charge in [0.2, 0.25) is 0 Å². The van der Waals surface area contributed by atoms with Crippen LogP contribution in [-0.2, 0) is 13.1 Å². The number of anilines is 1. The van der Waals surface area contributed by atoms with Gasteiger partial charge in [0.1, 0.15) is 18.1 Å². The van der Waals surface area contributed by atoms with Crippen LogP contribution in [0.2, 0.25) is 0 Å². The Kier molecular flexibility index (Phi) is 3.82. The molecule has 1 aromatic heterocycles. The smallest absolute Gasteiger partial charge is 0.323 e. The van der Waals surface area contributed by atoms with Crippen LogP contribution in [0.1, 0.15) is 12.5 Å². The molecule has 0 bridgehead atoms. The summed E-state index contributed by atoms with van der Waals surface area (Å²) < 4.78 is 5.57. The zero-order valence-corrected chi connectivity index (χ0v) is 12.2. The molecular formula is C14H17N5O3. The van der Waals surface area contributed by atoms with Crippen LogP contribution in [0, 0.1) is 0 Å². The second kappa shape index (κ2) is 5.92. The van der Waals surface area contributed by atoms with E-state index >= 15 is 0 Å². The third-order valence-corrected chi connectivity index (χ3v) is 3.37. The summed E-state index contributed by atoms with van der Waals surface area (Å²) in [7, 11) is 0. The minimum atomic E-state index is -0.257. The number of aromatic nitrogens is 3. The summed E-state index contributed by atoms with van der Waals surface area (Å²) in [6, 6.07) is 4.64. The summed E-state index contributed by atoms with van der Waals surface area (Å²) >= 11 is 0. The zero-order valence-electron chi connectivity index (χ0n) is 12.2. The first-order chi connectivity index (χ1) is 10.7. The predicted octanol–water partition coefficient (Wildman–Crippen LogP) is 1.43. The Hall–Kier alpha value is -2.77. The summed E-state index contributed by atoms with van der Waals surface area (Å²) in [6.07, 6.45) is 1.52. The van der Waals surface area contributed by atoms with Crippen LogP contribution >= 0.6 is 0 Å². The van der Waals surface area contributed by atoms with Crippen molar-refractivity contribution in [2.45, 2.75) is 20.0 Å². The standard InChI is InChI=1S/C14H17N5O3/c1-2-19-15-8-13(17-19)16-14(21)18-5-6-22-12-7-11(20)4-3-10(12)9-18/h3-4,7-8,20H,2,5-6,9H2,1H3,(H,16,17,21). The molecule has 0 saturated heterocycles. The topological polar surface area (TPSA) is 92.5 Å². The van der Waals surface area contributed by atoms with Crippen molar-refractivity contribution in [1.82, 2.24) is 19.9 Å². The first-order valence-corrected chi connectivity index (χ1v) is 7.06. The van der Waals surface area contributed by atoms with E-state index in [0.29, 0.717) is 37.8 Å². The number of rotatable bonds is 2. The van der Waals surface area contributed by atoms with Gasteiger partial charge in [-0.2, -0.15) is 9.90 Å². The van der Waals surface area contributed by atoms with E-state index < -0.39 is 0 Å². The van der Waals surface area contributed by atoms with Gasteiger partial charge in [-0.1, -0.05) is 0 Å². The van der Waals surface area contributed by atoms with Crippen molar-refractivity contribution in [3.63, 3.8) is 0 Å². The van der Waals surface area contributed by atoms with Gasteiger partial charge in [0.05, 0.1) is 25.8 Å². The molecule has 2 heterocycles. The van der Waals surface area contributed by atoms with Crippen molar-refractivity contribution in [3.8, 4) is 11.5 Å². The number of hydrogen-bond acceptors (Lipinski definition) is 5. The molecule has 0 aliphatic carbocycles. The summed E-state index contributed by atoms with van der Waals surface area (Å²) in [5, 5.41) is 20.4. The largest absolute Gasteiger partial charge is 0.508 e. The lowest BCUT2D eigenvalue weighted by molar-refractivity contribution is 0.200. The Morgan fingerprint density at radius 3 is 3.14 bits per heavy atom. The Morgan fingerprint density at radius 2 is 2.36 bits per heavy atom. The van der Waals surface area contributed by atoms with Gasteiger partial charge in [0.25, 0.3) is 0 Å². The zero-order chi connectivity index (χ0) is 15.5. The van der Waals surface area contributed by atoms with Gasteiger partial charge in [0.15, 0.2) is 5.82 Å². The lowest BCUT2D eigenvalue weighted by Crippen LogP contribution is -2.36. The number of phenolic OH excluding ortho intramolecular Hbond substituents is 1. The van der Waals surface area contributed by atoms with Crippen LogP contribution in [0.5, 0.6) is 11.5 Å². The Balaban J connectivity index is 1.71. The minimum Gasteiger partial charge on any atom is -0.508 e. The fourth-order valence-corrected chi connectivity index (χ4v) is 2.23. The molecule has 3 rings (SSSR count). The molecule has 1 aromatic carbocycles. The van der Waals surface area contributed by atoms with Gasteiger partial charge in [-0.25, -0.2) is 4.79 Å². The number of carbonyl (C=O) groups is 1. The van der Waals surface area contributed by atoms with E-state index in [1.807, 2.05) is 6.92 Å². The molecule has 2 N–H and O–H groups in total. The number of benzene rings is 1. The molecule has 22 heavy (non-hydrogen) atoms. The highest BCUT2D eigenvalue weighted by molar-refractivity contribution is 5.88.